The van der Waals surface area contributed by atoms with Gasteiger partial charge in [-0.1, -0.05) is 0 Å². The number of aliphatic hydroxyl groups excluding tert-OH is 1. The van der Waals surface area contributed by atoms with E-state index in [9.17, 15) is 20.0 Å². The number of rotatable bonds is 3. The first-order chi connectivity index (χ1) is 8.08. The van der Waals surface area contributed by atoms with Gasteiger partial charge in [-0.2, -0.15) is 0 Å². The Labute approximate surface area is 96.2 Å². The Morgan fingerprint density at radius 1 is 1.47 bits per heavy atom. The summed E-state index contributed by atoms with van der Waals surface area (Å²) in [4.78, 5) is 20.7. The zero-order valence-corrected chi connectivity index (χ0v) is 8.70. The topological polar surface area (TPSA) is 102 Å². The Morgan fingerprint density at radius 2 is 2.12 bits per heavy atom. The molecule has 1 aromatic carbocycles. The predicted octanol–water partition coefficient (Wildman–Crippen LogP) is 0.737. The van der Waals surface area contributed by atoms with Crippen LogP contribution in [-0.4, -0.2) is 28.8 Å². The lowest BCUT2D eigenvalue weighted by Crippen LogP contribution is -2.32. The fourth-order valence-electron chi connectivity index (χ4n) is 1.60. The Kier molecular flexibility index (Phi) is 2.92. The highest BCUT2D eigenvalue weighted by molar-refractivity contribution is 5.69. The minimum atomic E-state index is -0.942. The molecule has 1 amide bonds. The van der Waals surface area contributed by atoms with Crippen molar-refractivity contribution >= 4 is 11.8 Å². The average molecular weight is 238 g/mol. The molecule has 1 aromatic rings. The number of aliphatic hydroxyl groups is 1. The molecule has 2 rings (SSSR count). The van der Waals surface area contributed by atoms with Gasteiger partial charge in [-0.25, -0.2) is 4.79 Å². The molecule has 2 atom stereocenters. The number of nitrogens with one attached hydrogen (secondary N) is 1. The van der Waals surface area contributed by atoms with Crippen molar-refractivity contribution in [1.29, 1.82) is 0 Å². The fourth-order valence-corrected chi connectivity index (χ4v) is 1.60. The van der Waals surface area contributed by atoms with Crippen LogP contribution in [0.2, 0.25) is 0 Å². The van der Waals surface area contributed by atoms with Gasteiger partial charge in [-0.3, -0.25) is 10.1 Å². The van der Waals surface area contributed by atoms with Crippen LogP contribution >= 0.6 is 0 Å². The molecule has 1 saturated heterocycles. The molecule has 0 saturated carbocycles. The Hall–Kier alpha value is -2.15. The summed E-state index contributed by atoms with van der Waals surface area (Å²) in [5.74, 6) is 0. The Balaban J connectivity index is 2.11. The van der Waals surface area contributed by atoms with Crippen molar-refractivity contribution in [2.75, 3.05) is 6.61 Å². The number of nitrogens with zero attached hydrogens (tertiary/aromatic N) is 1. The third-order valence-electron chi connectivity index (χ3n) is 2.52. The Morgan fingerprint density at radius 3 is 2.59 bits per heavy atom. The van der Waals surface area contributed by atoms with Crippen LogP contribution in [0.5, 0.6) is 0 Å². The summed E-state index contributed by atoms with van der Waals surface area (Å²) in [5.41, 5.74) is 0.444. The molecule has 0 bridgehead atoms. The second-order valence-electron chi connectivity index (χ2n) is 3.64. The molecule has 1 fully saturated rings. The molecule has 0 unspecified atom stereocenters. The first kappa shape index (κ1) is 11.3. The van der Waals surface area contributed by atoms with Gasteiger partial charge in [0.05, 0.1) is 11.0 Å². The van der Waals surface area contributed by atoms with E-state index in [1.54, 1.807) is 0 Å². The number of carbonyl (C=O) groups excluding carboxylic acids is 1. The van der Waals surface area contributed by atoms with Crippen LogP contribution in [0.15, 0.2) is 24.3 Å². The van der Waals surface area contributed by atoms with Crippen molar-refractivity contribution in [3.8, 4) is 0 Å². The number of benzene rings is 1. The summed E-state index contributed by atoms with van der Waals surface area (Å²) >= 11 is 0. The SMILES string of the molecule is O=C1N[C@H]([C@H](O)c2ccc([N+](=O)[O-])cc2)CO1. The molecular weight excluding hydrogens is 228 g/mol. The molecule has 0 aromatic heterocycles. The van der Waals surface area contributed by atoms with Crippen LogP contribution in [0.1, 0.15) is 11.7 Å². The summed E-state index contributed by atoms with van der Waals surface area (Å²) < 4.78 is 4.65. The van der Waals surface area contributed by atoms with Gasteiger partial charge < -0.3 is 15.2 Å². The minimum absolute atomic E-state index is 0.0485. The standard InChI is InChI=1S/C10H10N2O5/c13-9(8-5-17-10(14)11-8)6-1-3-7(4-2-6)12(15)16/h1-4,8-9,13H,5H2,(H,11,14)/t8-,9+/m0/s1. The van der Waals surface area contributed by atoms with Crippen LogP contribution in [0, 0.1) is 10.1 Å². The average Bonchev–Trinajstić information content (AvgIpc) is 2.75. The lowest BCUT2D eigenvalue weighted by atomic mass is 10.0. The summed E-state index contributed by atoms with van der Waals surface area (Å²) in [5, 5.41) is 22.8. The molecule has 17 heavy (non-hydrogen) atoms. The number of amides is 1. The van der Waals surface area contributed by atoms with Gasteiger partial charge in [-0.05, 0) is 17.7 Å². The van der Waals surface area contributed by atoms with Crippen molar-refractivity contribution in [1.82, 2.24) is 5.32 Å². The van der Waals surface area contributed by atoms with E-state index in [1.807, 2.05) is 0 Å². The molecule has 1 aliphatic heterocycles. The van der Waals surface area contributed by atoms with Crippen molar-refractivity contribution in [2.45, 2.75) is 12.1 Å². The number of nitro groups is 1. The highest BCUT2D eigenvalue weighted by Gasteiger charge is 2.30. The van der Waals surface area contributed by atoms with Crippen molar-refractivity contribution in [3.63, 3.8) is 0 Å². The lowest BCUT2D eigenvalue weighted by molar-refractivity contribution is -0.384. The smallest absolute Gasteiger partial charge is 0.407 e. The van der Waals surface area contributed by atoms with Gasteiger partial charge in [0, 0.05) is 12.1 Å². The van der Waals surface area contributed by atoms with Crippen LogP contribution in [0.3, 0.4) is 0 Å². The molecule has 1 aliphatic rings. The predicted molar refractivity (Wildman–Crippen MR) is 56.3 cm³/mol. The van der Waals surface area contributed by atoms with Crippen LogP contribution in [-0.2, 0) is 4.74 Å². The zero-order valence-electron chi connectivity index (χ0n) is 8.70. The quantitative estimate of drug-likeness (QED) is 0.597. The summed E-state index contributed by atoms with van der Waals surface area (Å²) in [6, 6.07) is 4.98. The van der Waals surface area contributed by atoms with Crippen molar-refractivity contribution in [3.05, 3.63) is 39.9 Å². The molecule has 90 valence electrons. The number of non-ortho nitro benzene ring substituents is 1. The van der Waals surface area contributed by atoms with Crippen molar-refractivity contribution < 1.29 is 19.6 Å². The van der Waals surface area contributed by atoms with E-state index >= 15 is 0 Å². The number of ether oxygens (including phenoxy) is 1. The summed E-state index contributed by atoms with van der Waals surface area (Å²) in [6.45, 7) is 0.0803. The second kappa shape index (κ2) is 4.38. The van der Waals surface area contributed by atoms with E-state index in [4.69, 9.17) is 0 Å². The monoisotopic (exact) mass is 238 g/mol. The van der Waals surface area contributed by atoms with E-state index in [0.29, 0.717) is 5.56 Å². The van der Waals surface area contributed by atoms with Gasteiger partial charge >= 0.3 is 6.09 Å². The van der Waals surface area contributed by atoms with E-state index in [0.717, 1.165) is 0 Å². The molecule has 2 N–H and O–H groups in total. The van der Waals surface area contributed by atoms with Gasteiger partial charge in [0.1, 0.15) is 12.7 Å². The van der Waals surface area contributed by atoms with E-state index in [1.165, 1.54) is 24.3 Å². The third-order valence-corrected chi connectivity index (χ3v) is 2.52. The van der Waals surface area contributed by atoms with Crippen LogP contribution in [0.25, 0.3) is 0 Å². The summed E-state index contributed by atoms with van der Waals surface area (Å²) in [7, 11) is 0. The van der Waals surface area contributed by atoms with Gasteiger partial charge in [0.15, 0.2) is 0 Å². The number of alkyl carbamates (subject to hydrolysis) is 1. The maximum atomic E-state index is 10.8. The van der Waals surface area contributed by atoms with E-state index in [-0.39, 0.29) is 12.3 Å². The molecule has 7 nitrogen and oxygen atoms in total. The van der Waals surface area contributed by atoms with Crippen molar-refractivity contribution in [2.24, 2.45) is 0 Å². The molecule has 1 heterocycles. The largest absolute Gasteiger partial charge is 0.447 e. The summed E-state index contributed by atoms with van der Waals surface area (Å²) in [6.07, 6.45) is -1.52. The first-order valence-electron chi connectivity index (χ1n) is 4.93. The highest BCUT2D eigenvalue weighted by atomic mass is 16.6. The minimum Gasteiger partial charge on any atom is -0.447 e. The lowest BCUT2D eigenvalue weighted by Gasteiger charge is -2.15. The normalized spacial score (nSPS) is 20.5. The third kappa shape index (κ3) is 2.34. The molecule has 0 spiro atoms. The number of nitro benzene ring substituents is 1. The van der Waals surface area contributed by atoms with E-state index < -0.39 is 23.2 Å². The highest BCUT2D eigenvalue weighted by Crippen LogP contribution is 2.22. The van der Waals surface area contributed by atoms with Gasteiger partial charge in [0.25, 0.3) is 5.69 Å². The maximum absolute atomic E-state index is 10.8. The fraction of sp³-hybridized carbons (Fsp3) is 0.300. The number of carbonyl (C=O) groups is 1. The van der Waals surface area contributed by atoms with Crippen LogP contribution < -0.4 is 5.32 Å². The molecule has 7 heteroatoms. The number of hydrogen-bond acceptors (Lipinski definition) is 5. The first-order valence-corrected chi connectivity index (χ1v) is 4.93. The zero-order chi connectivity index (χ0) is 12.4. The van der Waals surface area contributed by atoms with Gasteiger partial charge in [-0.15, -0.1) is 0 Å². The number of hydrogen-bond donors (Lipinski definition) is 2. The van der Waals surface area contributed by atoms with Gasteiger partial charge in [0.2, 0.25) is 0 Å². The molecular formula is C10H10N2O5. The second-order valence-corrected chi connectivity index (χ2v) is 3.64. The maximum Gasteiger partial charge on any atom is 0.407 e. The van der Waals surface area contributed by atoms with Crippen LogP contribution in [0.4, 0.5) is 10.5 Å². The molecule has 0 radical (unpaired) electrons. The Bertz CT molecular complexity index is 445. The molecule has 0 aliphatic carbocycles. The van der Waals surface area contributed by atoms with E-state index in [2.05, 4.69) is 10.1 Å². The number of cyclic esters (lactones) is 1.